The third-order valence-corrected chi connectivity index (χ3v) is 3.49. The van der Waals surface area contributed by atoms with Crippen LogP contribution in [0.4, 0.5) is 5.69 Å². The highest BCUT2D eigenvalue weighted by molar-refractivity contribution is 6.05. The molecular formula is C15H23N5O. The largest absolute Gasteiger partial charge is 0.399 e. The lowest BCUT2D eigenvalue weighted by Gasteiger charge is -2.21. The molecule has 0 aliphatic rings. The molecule has 1 amide bonds. The maximum absolute atomic E-state index is 12.6. The van der Waals surface area contributed by atoms with Gasteiger partial charge in [0.2, 0.25) is 0 Å². The molecule has 21 heavy (non-hydrogen) atoms. The number of nitrogen functional groups attached to an aromatic ring is 1. The van der Waals surface area contributed by atoms with Gasteiger partial charge in [-0.2, -0.15) is 5.10 Å². The number of amides is 1. The zero-order valence-corrected chi connectivity index (χ0v) is 12.9. The first-order valence-corrected chi connectivity index (χ1v) is 7.20. The van der Waals surface area contributed by atoms with Crippen molar-refractivity contribution in [2.24, 2.45) is 0 Å². The maximum Gasteiger partial charge on any atom is 0.274 e. The van der Waals surface area contributed by atoms with Gasteiger partial charge in [-0.1, -0.05) is 0 Å². The van der Waals surface area contributed by atoms with Crippen LogP contribution in [0.15, 0.2) is 18.2 Å². The molecule has 0 spiro atoms. The van der Waals surface area contributed by atoms with Crippen LogP contribution in [0.3, 0.4) is 0 Å². The second kappa shape index (κ2) is 6.58. The molecule has 0 bridgehead atoms. The van der Waals surface area contributed by atoms with E-state index in [1.807, 2.05) is 32.0 Å². The van der Waals surface area contributed by atoms with Crippen LogP contribution in [0.2, 0.25) is 0 Å². The summed E-state index contributed by atoms with van der Waals surface area (Å²) in [5.74, 6) is -0.0480. The summed E-state index contributed by atoms with van der Waals surface area (Å²) < 4.78 is 0. The lowest BCUT2D eigenvalue weighted by atomic mass is 10.1. The normalized spacial score (nSPS) is 11.2. The Bertz CT molecular complexity index is 620. The molecule has 6 heteroatoms. The molecule has 1 aromatic carbocycles. The van der Waals surface area contributed by atoms with E-state index < -0.39 is 0 Å². The molecule has 6 nitrogen and oxygen atoms in total. The molecule has 0 atom stereocenters. The minimum atomic E-state index is -0.0480. The molecule has 0 radical (unpaired) electrons. The van der Waals surface area contributed by atoms with Crippen molar-refractivity contribution in [1.29, 1.82) is 0 Å². The summed E-state index contributed by atoms with van der Waals surface area (Å²) in [6, 6.07) is 5.43. The van der Waals surface area contributed by atoms with Crippen LogP contribution in [-0.4, -0.2) is 59.6 Å². The van der Waals surface area contributed by atoms with Crippen LogP contribution in [-0.2, 0) is 0 Å². The fraction of sp³-hybridized carbons (Fsp3) is 0.467. The summed E-state index contributed by atoms with van der Waals surface area (Å²) in [6.45, 7) is 4.34. The molecule has 0 aliphatic heterocycles. The number of fused-ring (bicyclic) bond motifs is 1. The van der Waals surface area contributed by atoms with Gasteiger partial charge < -0.3 is 15.5 Å². The molecule has 0 unspecified atom stereocenters. The smallest absolute Gasteiger partial charge is 0.274 e. The van der Waals surface area contributed by atoms with E-state index >= 15 is 0 Å². The number of H-pyrrole nitrogens is 1. The monoisotopic (exact) mass is 289 g/mol. The predicted octanol–water partition coefficient (Wildman–Crippen LogP) is 1.56. The first-order chi connectivity index (χ1) is 10.0. The molecule has 114 valence electrons. The van der Waals surface area contributed by atoms with Crippen LogP contribution in [0.5, 0.6) is 0 Å². The zero-order valence-electron chi connectivity index (χ0n) is 12.9. The van der Waals surface area contributed by atoms with E-state index in [0.29, 0.717) is 17.9 Å². The highest BCUT2D eigenvalue weighted by atomic mass is 16.2. The highest BCUT2D eigenvalue weighted by Crippen LogP contribution is 2.20. The molecule has 3 N–H and O–H groups in total. The van der Waals surface area contributed by atoms with Gasteiger partial charge >= 0.3 is 0 Å². The van der Waals surface area contributed by atoms with Crippen LogP contribution in [0.1, 0.15) is 23.8 Å². The number of nitrogens with two attached hydrogens (primary N) is 1. The van der Waals surface area contributed by atoms with E-state index in [4.69, 9.17) is 5.73 Å². The molecule has 2 aromatic rings. The minimum Gasteiger partial charge on any atom is -0.399 e. The van der Waals surface area contributed by atoms with Gasteiger partial charge in [0.05, 0.1) is 5.52 Å². The first kappa shape index (κ1) is 15.3. The average Bonchev–Trinajstić information content (AvgIpc) is 2.85. The van der Waals surface area contributed by atoms with Crippen LogP contribution < -0.4 is 5.73 Å². The minimum absolute atomic E-state index is 0.0480. The Labute approximate surface area is 124 Å². The van der Waals surface area contributed by atoms with Gasteiger partial charge in [0.1, 0.15) is 0 Å². The van der Waals surface area contributed by atoms with Crippen molar-refractivity contribution in [3.63, 3.8) is 0 Å². The van der Waals surface area contributed by atoms with E-state index in [0.717, 1.165) is 30.4 Å². The second-order valence-electron chi connectivity index (χ2n) is 5.42. The Hall–Kier alpha value is -2.08. The lowest BCUT2D eigenvalue weighted by molar-refractivity contribution is 0.0755. The van der Waals surface area contributed by atoms with E-state index in [2.05, 4.69) is 15.1 Å². The number of nitrogens with zero attached hydrogens (tertiary/aromatic N) is 3. The van der Waals surface area contributed by atoms with Gasteiger partial charge in [0.15, 0.2) is 5.69 Å². The Morgan fingerprint density at radius 2 is 2.10 bits per heavy atom. The number of rotatable bonds is 6. The van der Waals surface area contributed by atoms with Gasteiger partial charge in [-0.15, -0.1) is 0 Å². The van der Waals surface area contributed by atoms with Crippen LogP contribution in [0.25, 0.3) is 10.9 Å². The molecule has 2 rings (SSSR count). The summed E-state index contributed by atoms with van der Waals surface area (Å²) in [5, 5.41) is 7.84. The summed E-state index contributed by atoms with van der Waals surface area (Å²) in [6.07, 6.45) is 0.942. The van der Waals surface area contributed by atoms with Crippen molar-refractivity contribution in [3.05, 3.63) is 23.9 Å². The van der Waals surface area contributed by atoms with Crippen LogP contribution in [0, 0.1) is 0 Å². The number of carbonyl (C=O) groups excluding carboxylic acids is 1. The van der Waals surface area contributed by atoms with E-state index in [-0.39, 0.29) is 5.91 Å². The highest BCUT2D eigenvalue weighted by Gasteiger charge is 2.19. The van der Waals surface area contributed by atoms with Gasteiger partial charge in [-0.25, -0.2) is 0 Å². The quantitative estimate of drug-likeness (QED) is 0.791. The predicted molar refractivity (Wildman–Crippen MR) is 85.3 cm³/mol. The number of nitrogens with one attached hydrogen (secondary N) is 1. The molecule has 1 heterocycles. The van der Waals surface area contributed by atoms with Crippen molar-refractivity contribution in [2.75, 3.05) is 39.5 Å². The van der Waals surface area contributed by atoms with Crippen LogP contribution >= 0.6 is 0 Å². The second-order valence-corrected chi connectivity index (χ2v) is 5.42. The fourth-order valence-corrected chi connectivity index (χ4v) is 2.33. The number of hydrogen-bond donors (Lipinski definition) is 2. The van der Waals surface area contributed by atoms with Crippen molar-refractivity contribution in [1.82, 2.24) is 20.0 Å². The summed E-state index contributed by atoms with van der Waals surface area (Å²) in [4.78, 5) is 16.6. The Kier molecular flexibility index (Phi) is 4.80. The fourth-order valence-electron chi connectivity index (χ4n) is 2.33. The number of benzene rings is 1. The first-order valence-electron chi connectivity index (χ1n) is 7.20. The molecule has 0 aliphatic carbocycles. The number of anilines is 1. The summed E-state index contributed by atoms with van der Waals surface area (Å²) >= 11 is 0. The van der Waals surface area contributed by atoms with Crippen molar-refractivity contribution >= 4 is 22.5 Å². The SMILES string of the molecule is CCN(CCCN(C)C)C(=O)c1n[nH]c2ccc(N)cc12. The third kappa shape index (κ3) is 3.52. The molecule has 1 aromatic heterocycles. The van der Waals surface area contributed by atoms with Gasteiger partial charge in [-0.3, -0.25) is 9.89 Å². The maximum atomic E-state index is 12.6. The molecule has 0 saturated heterocycles. The van der Waals surface area contributed by atoms with Crippen molar-refractivity contribution in [3.8, 4) is 0 Å². The topological polar surface area (TPSA) is 78.2 Å². The van der Waals surface area contributed by atoms with Gasteiger partial charge in [0, 0.05) is 24.2 Å². The number of hydrogen-bond acceptors (Lipinski definition) is 4. The van der Waals surface area contributed by atoms with Gasteiger partial charge in [0.25, 0.3) is 5.91 Å². The lowest BCUT2D eigenvalue weighted by Crippen LogP contribution is -2.33. The Morgan fingerprint density at radius 1 is 1.33 bits per heavy atom. The summed E-state index contributed by atoms with van der Waals surface area (Å²) in [7, 11) is 4.06. The van der Waals surface area contributed by atoms with E-state index in [1.54, 1.807) is 12.1 Å². The van der Waals surface area contributed by atoms with Crippen molar-refractivity contribution in [2.45, 2.75) is 13.3 Å². The Morgan fingerprint density at radius 3 is 2.76 bits per heavy atom. The average molecular weight is 289 g/mol. The van der Waals surface area contributed by atoms with E-state index in [1.165, 1.54) is 0 Å². The molecular weight excluding hydrogens is 266 g/mol. The Balaban J connectivity index is 2.17. The number of aromatic amines is 1. The van der Waals surface area contributed by atoms with E-state index in [9.17, 15) is 4.79 Å². The number of aromatic nitrogens is 2. The summed E-state index contributed by atoms with van der Waals surface area (Å²) in [5.41, 5.74) is 7.71. The standard InChI is InChI=1S/C15H23N5O/c1-4-20(9-5-8-19(2)3)15(21)14-12-10-11(16)6-7-13(12)17-18-14/h6-7,10H,4-5,8-9,16H2,1-3H3,(H,17,18). The van der Waals surface area contributed by atoms with Crippen molar-refractivity contribution < 1.29 is 4.79 Å². The zero-order chi connectivity index (χ0) is 15.4. The molecule has 0 saturated carbocycles. The van der Waals surface area contributed by atoms with Gasteiger partial charge in [-0.05, 0) is 52.2 Å². The molecule has 0 fully saturated rings. The third-order valence-electron chi connectivity index (χ3n) is 3.49. The number of carbonyl (C=O) groups is 1.